The van der Waals surface area contributed by atoms with Crippen molar-refractivity contribution in [2.75, 3.05) is 27.3 Å². The predicted molar refractivity (Wildman–Crippen MR) is 88.9 cm³/mol. The van der Waals surface area contributed by atoms with Gasteiger partial charge in [0.25, 0.3) is 5.91 Å². The average Bonchev–Trinajstić information content (AvgIpc) is 2.68. The molecule has 132 valence electrons. The molecule has 1 saturated heterocycles. The first kappa shape index (κ1) is 16.9. The summed E-state index contributed by atoms with van der Waals surface area (Å²) in [5.41, 5.74) is 0.477. The minimum atomic E-state index is -0.0768. The van der Waals surface area contributed by atoms with Gasteiger partial charge in [-0.15, -0.1) is 0 Å². The Morgan fingerprint density at radius 1 is 1.12 bits per heavy atom. The van der Waals surface area contributed by atoms with Crippen LogP contribution >= 0.6 is 0 Å². The molecule has 8 heteroatoms. The topological polar surface area (TPSA) is 86.7 Å². The van der Waals surface area contributed by atoms with Crippen LogP contribution in [0.5, 0.6) is 17.8 Å². The van der Waals surface area contributed by atoms with Gasteiger partial charge in [0.05, 0.1) is 14.2 Å². The van der Waals surface area contributed by atoms with Gasteiger partial charge in [0.2, 0.25) is 11.8 Å². The van der Waals surface area contributed by atoms with E-state index in [1.165, 1.54) is 14.2 Å². The van der Waals surface area contributed by atoms with Crippen molar-refractivity contribution in [1.82, 2.24) is 19.9 Å². The highest BCUT2D eigenvalue weighted by Crippen LogP contribution is 2.22. The Kier molecular flexibility index (Phi) is 5.27. The largest absolute Gasteiger partial charge is 0.480 e. The fourth-order valence-corrected chi connectivity index (χ4v) is 2.72. The molecular formula is C17H20N4O4. The van der Waals surface area contributed by atoms with Crippen molar-refractivity contribution < 1.29 is 19.0 Å². The average molecular weight is 344 g/mol. The van der Waals surface area contributed by atoms with E-state index >= 15 is 0 Å². The lowest BCUT2D eigenvalue weighted by atomic mass is 10.1. The normalized spacial score (nSPS) is 14.9. The molecular weight excluding hydrogens is 324 g/mol. The fraction of sp³-hybridized carbons (Fsp3) is 0.412. The van der Waals surface area contributed by atoms with E-state index in [1.807, 2.05) is 0 Å². The van der Waals surface area contributed by atoms with Gasteiger partial charge >= 0.3 is 6.01 Å². The van der Waals surface area contributed by atoms with Crippen molar-refractivity contribution in [1.29, 1.82) is 0 Å². The summed E-state index contributed by atoms with van der Waals surface area (Å²) in [7, 11) is 3.02. The van der Waals surface area contributed by atoms with Crippen molar-refractivity contribution in [2.24, 2.45) is 0 Å². The molecule has 3 rings (SSSR count). The maximum absolute atomic E-state index is 12.7. The number of likely N-dealkylation sites (tertiary alicyclic amines) is 1. The second kappa shape index (κ2) is 7.78. The summed E-state index contributed by atoms with van der Waals surface area (Å²) in [5, 5.41) is 0. The van der Waals surface area contributed by atoms with E-state index in [2.05, 4.69) is 15.0 Å². The van der Waals surface area contributed by atoms with Crippen LogP contribution in [0, 0.1) is 0 Å². The number of hydrogen-bond acceptors (Lipinski definition) is 7. The minimum Gasteiger partial charge on any atom is -0.480 e. The second-order valence-corrected chi connectivity index (χ2v) is 5.55. The molecule has 3 heterocycles. The van der Waals surface area contributed by atoms with Gasteiger partial charge in [0, 0.05) is 44.4 Å². The molecule has 8 nitrogen and oxygen atoms in total. The zero-order valence-electron chi connectivity index (χ0n) is 14.2. The maximum atomic E-state index is 12.7. The first-order valence-electron chi connectivity index (χ1n) is 8.03. The number of nitrogens with zero attached hydrogens (tertiary/aromatic N) is 4. The van der Waals surface area contributed by atoms with Gasteiger partial charge in [-0.05, 0) is 12.1 Å². The van der Waals surface area contributed by atoms with Gasteiger partial charge in [-0.3, -0.25) is 4.79 Å². The van der Waals surface area contributed by atoms with Gasteiger partial charge in [0.15, 0.2) is 0 Å². The standard InChI is InChI=1S/C17H20N4O4/c1-23-15-13(4-3-8-18-15)16(22)21-10-6-12(7-11-21)25-14-5-9-19-17(20-14)24-2/h3-5,8-9,12H,6-7,10-11H2,1-2H3. The van der Waals surface area contributed by atoms with Crippen molar-refractivity contribution in [3.05, 3.63) is 36.2 Å². The number of aromatic nitrogens is 3. The highest BCUT2D eigenvalue weighted by atomic mass is 16.5. The lowest BCUT2D eigenvalue weighted by Gasteiger charge is -2.32. The van der Waals surface area contributed by atoms with Crippen LogP contribution in [0.4, 0.5) is 0 Å². The van der Waals surface area contributed by atoms with E-state index in [4.69, 9.17) is 14.2 Å². The number of ether oxygens (including phenoxy) is 3. The monoisotopic (exact) mass is 344 g/mol. The Morgan fingerprint density at radius 2 is 1.92 bits per heavy atom. The Morgan fingerprint density at radius 3 is 2.64 bits per heavy atom. The van der Waals surface area contributed by atoms with E-state index in [1.54, 1.807) is 35.5 Å². The van der Waals surface area contributed by atoms with Gasteiger partial charge in [-0.2, -0.15) is 4.98 Å². The molecule has 1 aliphatic rings. The van der Waals surface area contributed by atoms with Crippen molar-refractivity contribution >= 4 is 5.91 Å². The second-order valence-electron chi connectivity index (χ2n) is 5.55. The molecule has 0 aromatic carbocycles. The van der Waals surface area contributed by atoms with E-state index in [0.29, 0.717) is 30.4 Å². The summed E-state index contributed by atoms with van der Waals surface area (Å²) in [4.78, 5) is 26.6. The van der Waals surface area contributed by atoms with E-state index < -0.39 is 0 Å². The van der Waals surface area contributed by atoms with E-state index in [9.17, 15) is 4.79 Å². The van der Waals surface area contributed by atoms with Crippen molar-refractivity contribution in [2.45, 2.75) is 18.9 Å². The number of piperidine rings is 1. The number of carbonyl (C=O) groups excluding carboxylic acids is 1. The zero-order valence-corrected chi connectivity index (χ0v) is 14.2. The van der Waals surface area contributed by atoms with Crippen LogP contribution in [0.3, 0.4) is 0 Å². The fourth-order valence-electron chi connectivity index (χ4n) is 2.72. The van der Waals surface area contributed by atoms with Crippen LogP contribution in [0.15, 0.2) is 30.6 Å². The number of amides is 1. The zero-order chi connectivity index (χ0) is 17.6. The Hall–Kier alpha value is -2.90. The van der Waals surface area contributed by atoms with Crippen LogP contribution < -0.4 is 14.2 Å². The predicted octanol–water partition coefficient (Wildman–Crippen LogP) is 1.57. The first-order valence-corrected chi connectivity index (χ1v) is 8.03. The van der Waals surface area contributed by atoms with Crippen LogP contribution in [-0.4, -0.2) is 59.2 Å². The molecule has 0 unspecified atom stereocenters. The maximum Gasteiger partial charge on any atom is 0.319 e. The SMILES string of the molecule is COc1nccc(OC2CCN(C(=O)c3cccnc3OC)CC2)n1. The van der Waals surface area contributed by atoms with Crippen molar-refractivity contribution in [3.8, 4) is 17.8 Å². The number of pyridine rings is 1. The van der Waals surface area contributed by atoms with Crippen LogP contribution in [-0.2, 0) is 0 Å². The molecule has 2 aromatic rings. The minimum absolute atomic E-state index is 0.000509. The summed E-state index contributed by atoms with van der Waals surface area (Å²) in [6, 6.07) is 5.42. The molecule has 1 fully saturated rings. The summed E-state index contributed by atoms with van der Waals surface area (Å²) in [6.45, 7) is 1.20. The van der Waals surface area contributed by atoms with Crippen LogP contribution in [0.25, 0.3) is 0 Å². The molecule has 0 radical (unpaired) electrons. The number of carbonyl (C=O) groups is 1. The molecule has 0 atom stereocenters. The quantitative estimate of drug-likeness (QED) is 0.813. The summed E-state index contributed by atoms with van der Waals surface area (Å²) in [5.74, 6) is 0.747. The van der Waals surface area contributed by atoms with Crippen LogP contribution in [0.1, 0.15) is 23.2 Å². The number of rotatable bonds is 5. The summed E-state index contributed by atoms with van der Waals surface area (Å²) in [6.07, 6.45) is 4.64. The number of methoxy groups -OCH3 is 2. The molecule has 25 heavy (non-hydrogen) atoms. The highest BCUT2D eigenvalue weighted by molar-refractivity contribution is 5.96. The first-order chi connectivity index (χ1) is 12.2. The molecule has 2 aromatic heterocycles. The van der Waals surface area contributed by atoms with E-state index in [0.717, 1.165) is 12.8 Å². The van der Waals surface area contributed by atoms with Gasteiger partial charge in [-0.25, -0.2) is 9.97 Å². The molecule has 0 spiro atoms. The highest BCUT2D eigenvalue weighted by Gasteiger charge is 2.27. The molecule has 0 bridgehead atoms. The Balaban J connectivity index is 1.59. The molecule has 1 aliphatic heterocycles. The Labute approximate surface area is 145 Å². The van der Waals surface area contributed by atoms with Crippen LogP contribution in [0.2, 0.25) is 0 Å². The smallest absolute Gasteiger partial charge is 0.319 e. The molecule has 0 saturated carbocycles. The third-order valence-corrected chi connectivity index (χ3v) is 4.00. The summed E-state index contributed by atoms with van der Waals surface area (Å²) < 4.78 is 16.0. The van der Waals surface area contributed by atoms with Gasteiger partial charge in [0.1, 0.15) is 11.7 Å². The lowest BCUT2D eigenvalue weighted by molar-refractivity contribution is 0.0583. The molecule has 0 aliphatic carbocycles. The molecule has 0 N–H and O–H groups in total. The third kappa shape index (κ3) is 3.96. The van der Waals surface area contributed by atoms with Gasteiger partial charge < -0.3 is 19.1 Å². The summed E-state index contributed by atoms with van der Waals surface area (Å²) >= 11 is 0. The third-order valence-electron chi connectivity index (χ3n) is 4.00. The molecule has 1 amide bonds. The van der Waals surface area contributed by atoms with Gasteiger partial charge in [-0.1, -0.05) is 0 Å². The van der Waals surface area contributed by atoms with E-state index in [-0.39, 0.29) is 18.0 Å². The lowest BCUT2D eigenvalue weighted by Crippen LogP contribution is -2.42. The van der Waals surface area contributed by atoms with Crippen molar-refractivity contribution in [3.63, 3.8) is 0 Å². The Bertz CT molecular complexity index is 732. The number of hydrogen-bond donors (Lipinski definition) is 0.